The van der Waals surface area contributed by atoms with Crippen LogP contribution in [0.1, 0.15) is 33.6 Å². The van der Waals surface area contributed by atoms with Crippen LogP contribution >= 0.6 is 0 Å². The minimum Gasteiger partial charge on any atom is -0.444 e. The molecule has 0 bridgehead atoms. The molecule has 0 radical (unpaired) electrons. The van der Waals surface area contributed by atoms with E-state index in [0.717, 1.165) is 19.4 Å². The number of piperidine rings is 1. The second-order valence-corrected chi connectivity index (χ2v) is 5.28. The van der Waals surface area contributed by atoms with Gasteiger partial charge in [-0.1, -0.05) is 0 Å². The molecule has 90 valence electrons. The highest BCUT2D eigenvalue weighted by molar-refractivity contribution is 5.68. The van der Waals surface area contributed by atoms with E-state index < -0.39 is 5.60 Å². The van der Waals surface area contributed by atoms with Crippen LogP contribution < -0.4 is 0 Å². The van der Waals surface area contributed by atoms with E-state index in [0.29, 0.717) is 19.0 Å². The first-order valence-corrected chi connectivity index (χ1v) is 5.73. The molecule has 1 fully saturated rings. The number of carbonyl (C=O) groups excluding carboxylic acids is 1. The molecule has 0 unspecified atom stereocenters. The van der Waals surface area contributed by atoms with Crippen molar-refractivity contribution < 1.29 is 9.53 Å². The SMILES string of the molecule is [C-]#[N+]C[C@@H]1CCCN(C(=O)OC(C)(C)C)C1. The normalized spacial score (nSPS) is 21.4. The lowest BCUT2D eigenvalue weighted by atomic mass is 9.99. The quantitative estimate of drug-likeness (QED) is 0.641. The summed E-state index contributed by atoms with van der Waals surface area (Å²) in [6, 6.07) is 0. The monoisotopic (exact) mass is 224 g/mol. The molecular formula is C12H20N2O2. The second kappa shape index (κ2) is 5.20. The highest BCUT2D eigenvalue weighted by Gasteiger charge is 2.28. The van der Waals surface area contributed by atoms with Crippen LogP contribution in [0.15, 0.2) is 0 Å². The molecule has 0 aromatic rings. The van der Waals surface area contributed by atoms with Crippen molar-refractivity contribution in [3.05, 3.63) is 11.4 Å². The lowest BCUT2D eigenvalue weighted by Gasteiger charge is -2.32. The second-order valence-electron chi connectivity index (χ2n) is 5.28. The third kappa shape index (κ3) is 4.09. The van der Waals surface area contributed by atoms with Crippen molar-refractivity contribution in [3.63, 3.8) is 0 Å². The van der Waals surface area contributed by atoms with Gasteiger partial charge in [0.2, 0.25) is 6.54 Å². The molecule has 1 aliphatic heterocycles. The average molecular weight is 224 g/mol. The molecule has 0 spiro atoms. The van der Waals surface area contributed by atoms with Crippen LogP contribution in [0.5, 0.6) is 0 Å². The van der Waals surface area contributed by atoms with Gasteiger partial charge >= 0.3 is 6.09 Å². The topological polar surface area (TPSA) is 33.9 Å². The number of rotatable bonds is 1. The standard InChI is InChI=1S/C12H20N2O2/c1-12(2,3)16-11(15)14-7-5-6-10(9-14)8-13-4/h10H,5-9H2,1-3H3/t10-/m0/s1. The molecule has 1 aliphatic rings. The first kappa shape index (κ1) is 12.8. The van der Waals surface area contributed by atoms with Gasteiger partial charge in [-0.25, -0.2) is 11.4 Å². The molecule has 0 aromatic heterocycles. The van der Waals surface area contributed by atoms with E-state index in [-0.39, 0.29) is 6.09 Å². The third-order valence-corrected chi connectivity index (χ3v) is 2.52. The van der Waals surface area contributed by atoms with Crippen LogP contribution in [-0.4, -0.2) is 36.2 Å². The van der Waals surface area contributed by atoms with Crippen LogP contribution in [-0.2, 0) is 4.74 Å². The van der Waals surface area contributed by atoms with Gasteiger partial charge in [0.05, 0.1) is 0 Å². The lowest BCUT2D eigenvalue weighted by molar-refractivity contribution is 0.0173. The Morgan fingerprint density at radius 3 is 2.81 bits per heavy atom. The highest BCUT2D eigenvalue weighted by Crippen LogP contribution is 2.19. The predicted octanol–water partition coefficient (Wildman–Crippen LogP) is 2.55. The largest absolute Gasteiger partial charge is 0.444 e. The summed E-state index contributed by atoms with van der Waals surface area (Å²) in [5.41, 5.74) is -0.441. The fourth-order valence-corrected chi connectivity index (χ4v) is 1.84. The zero-order valence-corrected chi connectivity index (χ0v) is 10.3. The number of carbonyl (C=O) groups is 1. The summed E-state index contributed by atoms with van der Waals surface area (Å²) in [7, 11) is 0. The number of likely N-dealkylation sites (tertiary alicyclic amines) is 1. The summed E-state index contributed by atoms with van der Waals surface area (Å²) in [5, 5.41) is 0. The van der Waals surface area contributed by atoms with Crippen LogP contribution in [0.25, 0.3) is 4.85 Å². The Kier molecular flexibility index (Phi) is 4.17. The number of amides is 1. The van der Waals surface area contributed by atoms with Crippen molar-refractivity contribution in [3.8, 4) is 0 Å². The van der Waals surface area contributed by atoms with Gasteiger partial charge in [0, 0.05) is 19.0 Å². The van der Waals surface area contributed by atoms with Crippen LogP contribution in [0.4, 0.5) is 4.79 Å². The Bertz CT molecular complexity index is 288. The fraction of sp³-hybridized carbons (Fsp3) is 0.833. The Labute approximate surface area is 97.4 Å². The van der Waals surface area contributed by atoms with E-state index >= 15 is 0 Å². The number of hydrogen-bond acceptors (Lipinski definition) is 2. The van der Waals surface area contributed by atoms with Crippen LogP contribution in [0.3, 0.4) is 0 Å². The molecule has 0 aliphatic carbocycles. The molecule has 1 rings (SSSR count). The number of nitrogens with zero attached hydrogens (tertiary/aromatic N) is 2. The van der Waals surface area contributed by atoms with Gasteiger partial charge in [-0.15, -0.1) is 0 Å². The molecule has 1 saturated heterocycles. The van der Waals surface area contributed by atoms with Crippen LogP contribution in [0, 0.1) is 12.5 Å². The van der Waals surface area contributed by atoms with Crippen molar-refractivity contribution in [2.24, 2.45) is 5.92 Å². The van der Waals surface area contributed by atoms with Gasteiger partial charge in [-0.2, -0.15) is 0 Å². The van der Waals surface area contributed by atoms with Crippen LogP contribution in [0.2, 0.25) is 0 Å². The summed E-state index contributed by atoms with van der Waals surface area (Å²) in [6.07, 6.45) is 1.77. The fourth-order valence-electron chi connectivity index (χ4n) is 1.84. The first-order valence-electron chi connectivity index (χ1n) is 5.73. The maximum Gasteiger partial charge on any atom is 0.410 e. The molecule has 0 saturated carbocycles. The smallest absolute Gasteiger partial charge is 0.410 e. The minimum absolute atomic E-state index is 0.248. The number of hydrogen-bond donors (Lipinski definition) is 0. The summed E-state index contributed by atoms with van der Waals surface area (Å²) >= 11 is 0. The molecule has 1 atom stereocenters. The van der Waals surface area contributed by atoms with Gasteiger partial charge in [-0.05, 0) is 33.6 Å². The average Bonchev–Trinajstić information content (AvgIpc) is 2.16. The van der Waals surface area contributed by atoms with Gasteiger partial charge in [0.25, 0.3) is 0 Å². The van der Waals surface area contributed by atoms with Gasteiger partial charge in [-0.3, -0.25) is 0 Å². The molecule has 1 heterocycles. The first-order chi connectivity index (χ1) is 7.42. The van der Waals surface area contributed by atoms with E-state index in [2.05, 4.69) is 4.85 Å². The van der Waals surface area contributed by atoms with E-state index in [4.69, 9.17) is 11.3 Å². The minimum atomic E-state index is -0.441. The molecule has 16 heavy (non-hydrogen) atoms. The van der Waals surface area contributed by atoms with Crippen molar-refractivity contribution in [1.82, 2.24) is 4.90 Å². The lowest BCUT2D eigenvalue weighted by Crippen LogP contribution is -2.43. The van der Waals surface area contributed by atoms with Crippen molar-refractivity contribution in [2.45, 2.75) is 39.2 Å². The predicted molar refractivity (Wildman–Crippen MR) is 62.0 cm³/mol. The Morgan fingerprint density at radius 2 is 2.25 bits per heavy atom. The zero-order valence-electron chi connectivity index (χ0n) is 10.3. The molecule has 4 heteroatoms. The Hall–Kier alpha value is -1.24. The zero-order chi connectivity index (χ0) is 12.2. The van der Waals surface area contributed by atoms with E-state index in [1.165, 1.54) is 0 Å². The molecule has 4 nitrogen and oxygen atoms in total. The van der Waals surface area contributed by atoms with Gasteiger partial charge in [0.1, 0.15) is 5.60 Å². The summed E-state index contributed by atoms with van der Waals surface area (Å²) in [4.78, 5) is 16.9. The Morgan fingerprint density at radius 1 is 1.56 bits per heavy atom. The maximum absolute atomic E-state index is 11.8. The molecule has 0 N–H and O–H groups in total. The van der Waals surface area contributed by atoms with Crippen molar-refractivity contribution in [1.29, 1.82) is 0 Å². The molecule has 0 aromatic carbocycles. The van der Waals surface area contributed by atoms with E-state index in [9.17, 15) is 4.79 Å². The van der Waals surface area contributed by atoms with Gasteiger partial charge in [0.15, 0.2) is 0 Å². The van der Waals surface area contributed by atoms with E-state index in [1.54, 1.807) is 4.90 Å². The maximum atomic E-state index is 11.8. The molecular weight excluding hydrogens is 204 g/mol. The van der Waals surface area contributed by atoms with Crippen molar-refractivity contribution >= 4 is 6.09 Å². The summed E-state index contributed by atoms with van der Waals surface area (Å²) in [6.45, 7) is 14.4. The Balaban J connectivity index is 2.48. The molecule has 1 amide bonds. The highest BCUT2D eigenvalue weighted by atomic mass is 16.6. The number of ether oxygens (including phenoxy) is 1. The third-order valence-electron chi connectivity index (χ3n) is 2.52. The van der Waals surface area contributed by atoms with E-state index in [1.807, 2.05) is 20.8 Å². The van der Waals surface area contributed by atoms with Crippen molar-refractivity contribution in [2.75, 3.05) is 19.6 Å². The summed E-state index contributed by atoms with van der Waals surface area (Å²) in [5.74, 6) is 0.318. The summed E-state index contributed by atoms with van der Waals surface area (Å²) < 4.78 is 5.31. The van der Waals surface area contributed by atoms with Gasteiger partial charge < -0.3 is 14.5 Å².